The quantitative estimate of drug-likeness (QED) is 0.0756. The zero-order valence-corrected chi connectivity index (χ0v) is 34.4. The minimum Gasteiger partial charge on any atom is -0.477 e. The van der Waals surface area contributed by atoms with Gasteiger partial charge in [-0.25, -0.2) is 28.3 Å². The van der Waals surface area contributed by atoms with Gasteiger partial charge >= 0.3 is 11.9 Å². The Labute approximate surface area is 364 Å². The van der Waals surface area contributed by atoms with Gasteiger partial charge in [0.25, 0.3) is 5.91 Å². The van der Waals surface area contributed by atoms with Crippen molar-refractivity contribution in [2.45, 2.75) is 13.1 Å². The highest BCUT2D eigenvalue weighted by Gasteiger charge is 2.32. The van der Waals surface area contributed by atoms with Gasteiger partial charge in [0.2, 0.25) is 5.91 Å². The third-order valence-electron chi connectivity index (χ3n) is 8.40. The summed E-state index contributed by atoms with van der Waals surface area (Å²) in [5.74, 6) is -0.974. The second kappa shape index (κ2) is 20.1. The Bertz CT molecular complexity index is 2630. The molecule has 2 aromatic carbocycles. The molecule has 13 nitrogen and oxygen atoms in total. The Morgan fingerprint density at radius 3 is 1.61 bits per heavy atom. The van der Waals surface area contributed by atoms with E-state index in [-0.39, 0.29) is 47.1 Å². The van der Waals surface area contributed by atoms with E-state index >= 15 is 0 Å². The molecular weight excluding hydrogens is 871 g/mol. The number of benzene rings is 2. The number of thioether (sulfide) groups is 2. The Hall–Kier alpha value is -6.67. The third kappa shape index (κ3) is 11.5. The smallest absolute Gasteiger partial charge is 0.354 e. The van der Waals surface area contributed by atoms with E-state index in [0.717, 1.165) is 11.1 Å². The number of pyridine rings is 2. The number of carboxylic acids is 2. The summed E-state index contributed by atoms with van der Waals surface area (Å²) in [6.45, 7) is 0.693. The van der Waals surface area contributed by atoms with Crippen molar-refractivity contribution in [3.63, 3.8) is 0 Å². The summed E-state index contributed by atoms with van der Waals surface area (Å²) in [7, 11) is 0. The lowest BCUT2D eigenvalue weighted by atomic mass is 10.2. The van der Waals surface area contributed by atoms with Crippen LogP contribution in [-0.4, -0.2) is 74.4 Å². The van der Waals surface area contributed by atoms with Crippen LogP contribution in [-0.2, 0) is 22.7 Å². The first-order chi connectivity index (χ1) is 29.3. The third-order valence-corrected chi connectivity index (χ3v) is 11.2. The maximum atomic E-state index is 13.1. The number of carbonyl (C=O) groups excluding carboxylic acids is 3. The number of hydrogen-bond donors (Lipinski definition) is 2. The molecule has 2 N–H and O–H groups in total. The second-order valence-electron chi connectivity index (χ2n) is 12.6. The van der Waals surface area contributed by atoms with Gasteiger partial charge in [-0.1, -0.05) is 72.2 Å². The Kier molecular flexibility index (Phi) is 14.4. The van der Waals surface area contributed by atoms with Gasteiger partial charge in [0.1, 0.15) is 48.9 Å². The molecule has 0 aliphatic carbocycles. The first kappa shape index (κ1) is 43.9. The molecule has 61 heavy (non-hydrogen) atoms. The maximum absolute atomic E-state index is 13.1. The molecule has 6 aromatic rings. The number of amides is 2. The van der Waals surface area contributed by atoms with E-state index in [9.17, 15) is 32.8 Å². The topological polar surface area (TPSA) is 184 Å². The number of carboxylic acid groups (broad SMARTS) is 2. The van der Waals surface area contributed by atoms with Crippen LogP contribution in [0.2, 0.25) is 0 Å². The molecule has 4 aromatic heterocycles. The highest BCUT2D eigenvalue weighted by atomic mass is 32.2. The molecule has 0 unspecified atom stereocenters. The molecule has 2 fully saturated rings. The van der Waals surface area contributed by atoms with E-state index in [1.165, 1.54) is 83.3 Å². The monoisotopic (exact) mass is 898 g/mol. The number of aromatic nitrogens is 2. The Balaban J connectivity index is 0.000000169. The van der Waals surface area contributed by atoms with Crippen molar-refractivity contribution in [3.8, 4) is 22.6 Å². The number of furan rings is 2. The lowest BCUT2D eigenvalue weighted by Gasteiger charge is -2.14. The van der Waals surface area contributed by atoms with Gasteiger partial charge in [-0.3, -0.25) is 24.2 Å². The molecule has 0 radical (unpaired) electrons. The number of halogens is 2. The molecule has 308 valence electrons. The molecule has 0 bridgehead atoms. The summed E-state index contributed by atoms with van der Waals surface area (Å²) in [6.07, 6.45) is 5.00. The molecule has 2 amide bonds. The predicted octanol–water partition coefficient (Wildman–Crippen LogP) is 8.62. The summed E-state index contributed by atoms with van der Waals surface area (Å²) in [5, 5.41) is 17.6. The van der Waals surface area contributed by atoms with Crippen molar-refractivity contribution in [1.29, 1.82) is 0 Å². The molecule has 0 saturated carbocycles. The van der Waals surface area contributed by atoms with Gasteiger partial charge in [0.15, 0.2) is 12.0 Å². The summed E-state index contributed by atoms with van der Waals surface area (Å²) >= 11 is 12.9. The fourth-order valence-corrected chi connectivity index (χ4v) is 7.64. The second-order valence-corrected chi connectivity index (χ2v) is 15.8. The number of thiocarbonyl (C=S) groups is 2. The predicted molar refractivity (Wildman–Crippen MR) is 230 cm³/mol. The fourth-order valence-electron chi connectivity index (χ4n) is 5.33. The van der Waals surface area contributed by atoms with Crippen LogP contribution in [0.15, 0.2) is 123 Å². The van der Waals surface area contributed by atoms with Gasteiger partial charge in [-0.05, 0) is 83.9 Å². The number of carbonyl (C=O) groups is 5. The molecular formula is C42H28F2N4O9S4. The fraction of sp³-hybridized carbons (Fsp3) is 0.0714. The summed E-state index contributed by atoms with van der Waals surface area (Å²) in [4.78, 5) is 67.0. The van der Waals surface area contributed by atoms with E-state index in [0.29, 0.717) is 60.5 Å². The SMILES string of the molecule is O=C(O)c1ccc(-c2ccc(/C=C3\SC(=S)N(Cc4ccc(F)cc4)C3=O)o2)cn1.O=C1CSC(=S)N1Cc1ccc(F)cc1.O=Cc1ccc(-c2ccc(C(=O)O)nc2)o1. The van der Waals surface area contributed by atoms with Crippen molar-refractivity contribution < 1.29 is 51.8 Å². The molecule has 2 aliphatic heterocycles. The largest absolute Gasteiger partial charge is 0.477 e. The van der Waals surface area contributed by atoms with E-state index in [1.54, 1.807) is 65.6 Å². The molecule has 2 aliphatic rings. The minimum atomic E-state index is -1.11. The van der Waals surface area contributed by atoms with Crippen LogP contribution >= 0.6 is 48.0 Å². The van der Waals surface area contributed by atoms with Crippen LogP contribution < -0.4 is 0 Å². The van der Waals surface area contributed by atoms with Crippen LogP contribution in [0.1, 0.15) is 48.4 Å². The van der Waals surface area contributed by atoms with Crippen LogP contribution in [0.3, 0.4) is 0 Å². The normalized spacial score (nSPS) is 14.1. The molecule has 2 saturated heterocycles. The highest BCUT2D eigenvalue weighted by molar-refractivity contribution is 8.26. The molecule has 6 heterocycles. The number of rotatable bonds is 10. The number of aromatic carboxylic acids is 2. The maximum Gasteiger partial charge on any atom is 0.354 e. The average Bonchev–Trinajstić information content (AvgIpc) is 4.06. The van der Waals surface area contributed by atoms with E-state index in [2.05, 4.69) is 9.97 Å². The summed E-state index contributed by atoms with van der Waals surface area (Å²) in [5.41, 5.74) is 2.80. The van der Waals surface area contributed by atoms with Crippen molar-refractivity contribution in [2.24, 2.45) is 0 Å². The van der Waals surface area contributed by atoms with Gasteiger partial charge in [0, 0.05) is 29.6 Å². The number of nitrogens with zero attached hydrogens (tertiary/aromatic N) is 4. The summed E-state index contributed by atoms with van der Waals surface area (Å²) < 4.78 is 37.6. The van der Waals surface area contributed by atoms with Crippen LogP contribution in [0.4, 0.5) is 8.78 Å². The Morgan fingerprint density at radius 2 is 1.18 bits per heavy atom. The van der Waals surface area contributed by atoms with Crippen molar-refractivity contribution in [2.75, 3.05) is 5.75 Å². The van der Waals surface area contributed by atoms with Gasteiger partial charge < -0.3 is 19.0 Å². The number of aldehydes is 1. The molecule has 0 atom stereocenters. The molecule has 8 rings (SSSR count). The molecule has 0 spiro atoms. The number of hydrogen-bond acceptors (Lipinski definition) is 13. The standard InChI is InChI=1S/C21H13FN2O4S2.C11H7NO4.C10H8FNOS2/c22-14-4-1-12(2-5-14)11-24-19(25)18(30-21(24)29)9-15-6-8-17(28-15)13-3-7-16(20(26)27)23-10-13;13-6-8-2-4-10(16-8)7-1-3-9(11(14)15)12-5-7;11-8-3-1-7(2-4-8)5-12-9(13)6-15-10(12)14/h1-10H,11H2,(H,26,27);1-6H,(H,14,15);1-4H,5-6H2/b18-9-;;. The van der Waals surface area contributed by atoms with Crippen molar-refractivity contribution in [3.05, 3.63) is 160 Å². The Morgan fingerprint density at radius 1 is 0.689 bits per heavy atom. The molecule has 19 heteroatoms. The van der Waals surface area contributed by atoms with Crippen LogP contribution in [0.5, 0.6) is 0 Å². The minimum absolute atomic E-state index is 0.0225. The first-order valence-corrected chi connectivity index (χ1v) is 20.2. The lowest BCUT2D eigenvalue weighted by Crippen LogP contribution is -2.27. The van der Waals surface area contributed by atoms with E-state index in [4.69, 9.17) is 43.5 Å². The lowest BCUT2D eigenvalue weighted by molar-refractivity contribution is -0.124. The average molecular weight is 899 g/mol. The van der Waals surface area contributed by atoms with Crippen molar-refractivity contribution >= 4 is 92.7 Å². The van der Waals surface area contributed by atoms with Gasteiger partial charge in [0.05, 0.1) is 23.7 Å². The van der Waals surface area contributed by atoms with E-state index < -0.39 is 11.9 Å². The highest BCUT2D eigenvalue weighted by Crippen LogP contribution is 2.34. The van der Waals surface area contributed by atoms with Gasteiger partial charge in [-0.15, -0.1) is 0 Å². The zero-order chi connectivity index (χ0) is 43.6. The summed E-state index contributed by atoms with van der Waals surface area (Å²) in [6, 6.07) is 24.5. The van der Waals surface area contributed by atoms with Crippen LogP contribution in [0, 0.1) is 11.6 Å². The van der Waals surface area contributed by atoms with E-state index in [1.807, 2.05) is 0 Å². The van der Waals surface area contributed by atoms with Gasteiger partial charge in [-0.2, -0.15) is 0 Å². The first-order valence-electron chi connectivity index (χ1n) is 17.5. The van der Waals surface area contributed by atoms with Crippen molar-refractivity contribution in [1.82, 2.24) is 19.8 Å². The zero-order valence-electron chi connectivity index (χ0n) is 31.1. The van der Waals surface area contributed by atoms with Crippen LogP contribution in [0.25, 0.3) is 28.7 Å².